The van der Waals surface area contributed by atoms with E-state index in [1.54, 1.807) is 17.9 Å². The Kier molecular flexibility index (Phi) is 4.37. The molecule has 0 saturated carbocycles. The minimum atomic E-state index is -0.599. The van der Waals surface area contributed by atoms with Gasteiger partial charge in [-0.05, 0) is 25.5 Å². The lowest BCUT2D eigenvalue weighted by atomic mass is 10.2. The van der Waals surface area contributed by atoms with Crippen molar-refractivity contribution in [1.82, 2.24) is 10.2 Å². The molecule has 0 radical (unpaired) electrons. The van der Waals surface area contributed by atoms with Gasteiger partial charge in [0.25, 0.3) is 5.91 Å². The van der Waals surface area contributed by atoms with Crippen LogP contribution in [-0.2, 0) is 4.79 Å². The molecule has 1 N–H and O–H groups in total. The Morgan fingerprint density at radius 2 is 2.11 bits per heavy atom. The largest absolute Gasteiger partial charge is 0.481 e. The van der Waals surface area contributed by atoms with E-state index in [-0.39, 0.29) is 11.7 Å². The molecule has 1 fully saturated rings. The molecule has 1 aromatic carbocycles. The summed E-state index contributed by atoms with van der Waals surface area (Å²) in [5, 5.41) is 3.19. The third-order valence-corrected chi connectivity index (χ3v) is 3.23. The zero-order chi connectivity index (χ0) is 13.8. The molecule has 104 valence electrons. The number of halogens is 1. The van der Waals surface area contributed by atoms with Gasteiger partial charge in [-0.15, -0.1) is 0 Å². The highest BCUT2D eigenvalue weighted by Gasteiger charge is 2.23. The molecule has 0 aromatic heterocycles. The van der Waals surface area contributed by atoms with E-state index in [4.69, 9.17) is 4.74 Å². The van der Waals surface area contributed by atoms with Crippen molar-refractivity contribution in [2.45, 2.75) is 20.0 Å². The fourth-order valence-electron chi connectivity index (χ4n) is 2.08. The first kappa shape index (κ1) is 13.8. The fourth-order valence-corrected chi connectivity index (χ4v) is 2.08. The number of amides is 1. The summed E-state index contributed by atoms with van der Waals surface area (Å²) in [4.78, 5) is 14.0. The third kappa shape index (κ3) is 3.44. The molecule has 4 nitrogen and oxygen atoms in total. The maximum atomic E-state index is 13.2. The van der Waals surface area contributed by atoms with Gasteiger partial charge in [-0.2, -0.15) is 0 Å². The topological polar surface area (TPSA) is 41.6 Å². The first-order chi connectivity index (χ1) is 9.08. The van der Waals surface area contributed by atoms with Gasteiger partial charge >= 0.3 is 0 Å². The molecule has 2 rings (SSSR count). The van der Waals surface area contributed by atoms with Crippen molar-refractivity contribution in [3.8, 4) is 5.75 Å². The Morgan fingerprint density at radius 1 is 1.42 bits per heavy atom. The normalized spacial score (nSPS) is 17.1. The highest BCUT2D eigenvalue weighted by Crippen LogP contribution is 2.20. The van der Waals surface area contributed by atoms with Crippen LogP contribution in [0.25, 0.3) is 0 Å². The van der Waals surface area contributed by atoms with Gasteiger partial charge in [-0.1, -0.05) is 6.07 Å². The number of ether oxygens (including phenoxy) is 1. The standard InChI is InChI=1S/C14H19FN2O2/c1-10-3-4-12(15)9-13(10)19-11(2)14(18)17-7-5-16-6-8-17/h3-4,9,11,16H,5-8H2,1-2H3. The van der Waals surface area contributed by atoms with Crippen LogP contribution in [0.2, 0.25) is 0 Å². The second-order valence-electron chi connectivity index (χ2n) is 4.75. The number of carbonyl (C=O) groups is 1. The van der Waals surface area contributed by atoms with E-state index in [9.17, 15) is 9.18 Å². The number of benzene rings is 1. The first-order valence-corrected chi connectivity index (χ1v) is 6.50. The number of piperazine rings is 1. The summed E-state index contributed by atoms with van der Waals surface area (Å²) >= 11 is 0. The molecule has 1 atom stereocenters. The van der Waals surface area contributed by atoms with Crippen LogP contribution in [0.4, 0.5) is 4.39 Å². The average Bonchev–Trinajstić information content (AvgIpc) is 2.43. The Bertz CT molecular complexity index is 459. The quantitative estimate of drug-likeness (QED) is 0.897. The second kappa shape index (κ2) is 6.02. The minimum absolute atomic E-state index is 0.0508. The molecule has 1 unspecified atom stereocenters. The van der Waals surface area contributed by atoms with E-state index >= 15 is 0 Å². The molecule has 0 spiro atoms. The van der Waals surface area contributed by atoms with Gasteiger partial charge in [-0.3, -0.25) is 4.79 Å². The number of hydrogen-bond acceptors (Lipinski definition) is 3. The van der Waals surface area contributed by atoms with Gasteiger partial charge < -0.3 is 15.0 Å². The van der Waals surface area contributed by atoms with E-state index in [0.29, 0.717) is 18.8 Å². The van der Waals surface area contributed by atoms with Gasteiger partial charge in [0.2, 0.25) is 0 Å². The van der Waals surface area contributed by atoms with E-state index in [1.807, 2.05) is 6.92 Å². The van der Waals surface area contributed by atoms with Crippen LogP contribution >= 0.6 is 0 Å². The zero-order valence-electron chi connectivity index (χ0n) is 11.3. The van der Waals surface area contributed by atoms with Gasteiger partial charge in [0.15, 0.2) is 6.10 Å². The maximum absolute atomic E-state index is 13.2. The van der Waals surface area contributed by atoms with Crippen molar-refractivity contribution >= 4 is 5.91 Å². The molecule has 1 aromatic rings. The van der Waals surface area contributed by atoms with Gasteiger partial charge in [0.05, 0.1) is 0 Å². The highest BCUT2D eigenvalue weighted by molar-refractivity contribution is 5.81. The Hall–Kier alpha value is -1.62. The van der Waals surface area contributed by atoms with Crippen LogP contribution in [0.3, 0.4) is 0 Å². The molecular weight excluding hydrogens is 247 g/mol. The smallest absolute Gasteiger partial charge is 0.263 e. The van der Waals surface area contributed by atoms with Crippen LogP contribution < -0.4 is 10.1 Å². The van der Waals surface area contributed by atoms with Crippen molar-refractivity contribution in [2.24, 2.45) is 0 Å². The lowest BCUT2D eigenvalue weighted by Crippen LogP contribution is -2.50. The van der Waals surface area contributed by atoms with Crippen molar-refractivity contribution in [2.75, 3.05) is 26.2 Å². The van der Waals surface area contributed by atoms with Crippen molar-refractivity contribution < 1.29 is 13.9 Å². The van der Waals surface area contributed by atoms with Gasteiger partial charge in [0.1, 0.15) is 11.6 Å². The molecule has 0 bridgehead atoms. The first-order valence-electron chi connectivity index (χ1n) is 6.50. The highest BCUT2D eigenvalue weighted by atomic mass is 19.1. The van der Waals surface area contributed by atoms with Crippen molar-refractivity contribution in [3.63, 3.8) is 0 Å². The van der Waals surface area contributed by atoms with Crippen LogP contribution in [-0.4, -0.2) is 43.1 Å². The Balaban J connectivity index is 2.01. The summed E-state index contributed by atoms with van der Waals surface area (Å²) in [6, 6.07) is 4.34. The van der Waals surface area contributed by atoms with E-state index in [2.05, 4.69) is 5.32 Å². The van der Waals surface area contributed by atoms with Crippen LogP contribution in [0.15, 0.2) is 18.2 Å². The Morgan fingerprint density at radius 3 is 2.79 bits per heavy atom. The van der Waals surface area contributed by atoms with Crippen molar-refractivity contribution in [3.05, 3.63) is 29.6 Å². The van der Waals surface area contributed by atoms with Crippen LogP contribution in [0.5, 0.6) is 5.75 Å². The van der Waals surface area contributed by atoms with Gasteiger partial charge in [-0.25, -0.2) is 4.39 Å². The van der Waals surface area contributed by atoms with Crippen molar-refractivity contribution in [1.29, 1.82) is 0 Å². The fraction of sp³-hybridized carbons (Fsp3) is 0.500. The van der Waals surface area contributed by atoms with E-state index in [1.165, 1.54) is 12.1 Å². The molecule has 1 aliphatic rings. The predicted octanol–water partition coefficient (Wildman–Crippen LogP) is 1.33. The lowest BCUT2D eigenvalue weighted by Gasteiger charge is -2.30. The number of nitrogens with one attached hydrogen (secondary N) is 1. The molecule has 1 amide bonds. The molecule has 19 heavy (non-hydrogen) atoms. The van der Waals surface area contributed by atoms with Crippen LogP contribution in [0.1, 0.15) is 12.5 Å². The van der Waals surface area contributed by atoms with E-state index in [0.717, 1.165) is 18.7 Å². The summed E-state index contributed by atoms with van der Waals surface area (Å²) < 4.78 is 18.8. The molecule has 1 heterocycles. The summed E-state index contributed by atoms with van der Waals surface area (Å²) in [6.07, 6.45) is -0.599. The minimum Gasteiger partial charge on any atom is -0.481 e. The monoisotopic (exact) mass is 266 g/mol. The lowest BCUT2D eigenvalue weighted by molar-refractivity contribution is -0.138. The van der Waals surface area contributed by atoms with E-state index < -0.39 is 6.10 Å². The summed E-state index contributed by atoms with van der Waals surface area (Å²) in [6.45, 7) is 6.52. The zero-order valence-corrected chi connectivity index (χ0v) is 11.3. The number of nitrogens with zero attached hydrogens (tertiary/aromatic N) is 1. The summed E-state index contributed by atoms with van der Waals surface area (Å²) in [7, 11) is 0. The van der Waals surface area contributed by atoms with Crippen LogP contribution in [0, 0.1) is 12.7 Å². The molecule has 1 aliphatic heterocycles. The SMILES string of the molecule is Cc1ccc(F)cc1OC(C)C(=O)N1CCNCC1. The number of hydrogen-bond donors (Lipinski definition) is 1. The predicted molar refractivity (Wildman–Crippen MR) is 70.7 cm³/mol. The summed E-state index contributed by atoms with van der Waals surface area (Å²) in [5.74, 6) is 0.0172. The number of rotatable bonds is 3. The average molecular weight is 266 g/mol. The molecule has 5 heteroatoms. The van der Waals surface area contributed by atoms with Gasteiger partial charge in [0, 0.05) is 32.2 Å². The summed E-state index contributed by atoms with van der Waals surface area (Å²) in [5.41, 5.74) is 0.821. The molecule has 1 saturated heterocycles. The number of aryl methyl sites for hydroxylation is 1. The second-order valence-corrected chi connectivity index (χ2v) is 4.75. The Labute approximate surface area is 112 Å². The third-order valence-electron chi connectivity index (χ3n) is 3.23. The molecular formula is C14H19FN2O2. The maximum Gasteiger partial charge on any atom is 0.263 e. The molecule has 0 aliphatic carbocycles. The number of carbonyl (C=O) groups excluding carboxylic acids is 1.